The largest absolute Gasteiger partial charge is 0.340 e. The Kier molecular flexibility index (Phi) is 5.46. The van der Waals surface area contributed by atoms with E-state index in [1.807, 2.05) is 39.8 Å². The zero-order valence-electron chi connectivity index (χ0n) is 14.4. The molecule has 2 aliphatic heterocycles. The van der Waals surface area contributed by atoms with Crippen LogP contribution in [0.25, 0.3) is 0 Å². The van der Waals surface area contributed by atoms with Crippen LogP contribution in [0.3, 0.4) is 0 Å². The third-order valence-electron chi connectivity index (χ3n) is 4.72. The monoisotopic (exact) mass is 347 g/mol. The highest BCUT2D eigenvalue weighted by atomic mass is 32.2. The summed E-state index contributed by atoms with van der Waals surface area (Å²) >= 11 is 1.85. The van der Waals surface area contributed by atoms with Crippen molar-refractivity contribution in [3.8, 4) is 0 Å². The number of thioether (sulfide) groups is 1. The van der Waals surface area contributed by atoms with Gasteiger partial charge in [-0.05, 0) is 18.6 Å². The average molecular weight is 347 g/mol. The fourth-order valence-corrected chi connectivity index (χ4v) is 4.36. The summed E-state index contributed by atoms with van der Waals surface area (Å²) in [7, 11) is 0. The van der Waals surface area contributed by atoms with Gasteiger partial charge in [0, 0.05) is 49.8 Å². The average Bonchev–Trinajstić information content (AvgIpc) is 2.73. The topological polar surface area (TPSA) is 43.9 Å². The molecule has 1 fully saturated rings. The van der Waals surface area contributed by atoms with Crippen molar-refractivity contribution in [1.29, 1.82) is 0 Å². The molecule has 1 aromatic carbocycles. The fraction of sp³-hybridized carbons (Fsp3) is 0.556. The van der Waals surface area contributed by atoms with Gasteiger partial charge in [0.2, 0.25) is 11.8 Å². The van der Waals surface area contributed by atoms with Crippen LogP contribution < -0.4 is 4.90 Å². The van der Waals surface area contributed by atoms with Gasteiger partial charge in [-0.15, -0.1) is 11.8 Å². The summed E-state index contributed by atoms with van der Waals surface area (Å²) in [4.78, 5) is 31.5. The maximum Gasteiger partial charge on any atom is 0.241 e. The molecular weight excluding hydrogens is 322 g/mol. The number of para-hydroxylation sites is 1. The molecule has 3 rings (SSSR count). The van der Waals surface area contributed by atoms with E-state index in [1.54, 1.807) is 6.92 Å². The van der Waals surface area contributed by atoms with Crippen LogP contribution in [0.15, 0.2) is 29.2 Å². The predicted molar refractivity (Wildman–Crippen MR) is 97.4 cm³/mol. The Hall–Kier alpha value is -1.53. The van der Waals surface area contributed by atoms with Gasteiger partial charge >= 0.3 is 0 Å². The lowest BCUT2D eigenvalue weighted by molar-refractivity contribution is -0.130. The number of carbonyl (C=O) groups excluding carboxylic acids is 2. The highest BCUT2D eigenvalue weighted by molar-refractivity contribution is 8.00. The van der Waals surface area contributed by atoms with Crippen molar-refractivity contribution in [3.63, 3.8) is 0 Å². The van der Waals surface area contributed by atoms with Crippen molar-refractivity contribution in [2.45, 2.75) is 30.4 Å². The summed E-state index contributed by atoms with van der Waals surface area (Å²) in [6, 6.07) is 8.19. The van der Waals surface area contributed by atoms with E-state index in [9.17, 15) is 9.59 Å². The Morgan fingerprint density at radius 3 is 2.54 bits per heavy atom. The van der Waals surface area contributed by atoms with Gasteiger partial charge in [0.1, 0.15) is 0 Å². The van der Waals surface area contributed by atoms with E-state index in [4.69, 9.17) is 0 Å². The smallest absolute Gasteiger partial charge is 0.241 e. The molecule has 6 heteroatoms. The summed E-state index contributed by atoms with van der Waals surface area (Å²) < 4.78 is 0. The first-order valence-electron chi connectivity index (χ1n) is 8.58. The number of benzene rings is 1. The molecule has 1 atom stereocenters. The van der Waals surface area contributed by atoms with E-state index in [0.29, 0.717) is 24.9 Å². The van der Waals surface area contributed by atoms with E-state index in [0.717, 1.165) is 31.7 Å². The van der Waals surface area contributed by atoms with Gasteiger partial charge < -0.3 is 9.80 Å². The molecule has 24 heavy (non-hydrogen) atoms. The van der Waals surface area contributed by atoms with Crippen molar-refractivity contribution in [2.24, 2.45) is 0 Å². The molecule has 0 bridgehead atoms. The van der Waals surface area contributed by atoms with Crippen LogP contribution in [0.4, 0.5) is 5.69 Å². The van der Waals surface area contributed by atoms with Crippen LogP contribution in [0.5, 0.6) is 0 Å². The second-order valence-electron chi connectivity index (χ2n) is 6.51. The number of hydrogen-bond acceptors (Lipinski definition) is 4. The second-order valence-corrected chi connectivity index (χ2v) is 7.99. The predicted octanol–water partition coefficient (Wildman–Crippen LogP) is 2.07. The van der Waals surface area contributed by atoms with Crippen molar-refractivity contribution in [2.75, 3.05) is 44.2 Å². The summed E-state index contributed by atoms with van der Waals surface area (Å²) in [6.07, 6.45) is 1.00. The SMILES string of the molecule is CC(=O)N1CCN(CC(=O)N2CCC(C)Sc3ccccc32)CC1. The molecule has 0 spiro atoms. The Balaban J connectivity index is 1.66. The summed E-state index contributed by atoms with van der Waals surface area (Å²) in [6.45, 7) is 8.00. The number of anilines is 1. The first kappa shape index (κ1) is 17.3. The number of nitrogens with zero attached hydrogens (tertiary/aromatic N) is 3. The highest BCUT2D eigenvalue weighted by Crippen LogP contribution is 2.37. The summed E-state index contributed by atoms with van der Waals surface area (Å²) in [5, 5.41) is 0.517. The highest BCUT2D eigenvalue weighted by Gasteiger charge is 2.27. The molecule has 1 aromatic rings. The van der Waals surface area contributed by atoms with Crippen LogP contribution in [-0.4, -0.2) is 66.1 Å². The minimum Gasteiger partial charge on any atom is -0.340 e. The molecule has 0 aliphatic carbocycles. The van der Waals surface area contributed by atoms with E-state index in [1.165, 1.54) is 4.90 Å². The molecule has 2 amide bonds. The van der Waals surface area contributed by atoms with E-state index < -0.39 is 0 Å². The molecular formula is C18H25N3O2S. The fourth-order valence-electron chi connectivity index (χ4n) is 3.24. The van der Waals surface area contributed by atoms with Gasteiger partial charge in [0.05, 0.1) is 12.2 Å². The lowest BCUT2D eigenvalue weighted by Crippen LogP contribution is -2.51. The van der Waals surface area contributed by atoms with E-state index in [2.05, 4.69) is 17.9 Å². The zero-order chi connectivity index (χ0) is 17.1. The van der Waals surface area contributed by atoms with Gasteiger partial charge in [-0.3, -0.25) is 14.5 Å². The quantitative estimate of drug-likeness (QED) is 0.821. The number of carbonyl (C=O) groups is 2. The van der Waals surface area contributed by atoms with Crippen molar-refractivity contribution >= 4 is 29.3 Å². The Bertz CT molecular complexity index is 614. The molecule has 130 valence electrons. The molecule has 1 unspecified atom stereocenters. The van der Waals surface area contributed by atoms with Gasteiger partial charge in [-0.2, -0.15) is 0 Å². The first-order valence-corrected chi connectivity index (χ1v) is 9.46. The van der Waals surface area contributed by atoms with E-state index >= 15 is 0 Å². The third-order valence-corrected chi connectivity index (χ3v) is 5.96. The maximum atomic E-state index is 12.9. The van der Waals surface area contributed by atoms with Gasteiger partial charge in [0.15, 0.2) is 0 Å². The number of amides is 2. The molecule has 1 saturated heterocycles. The number of fused-ring (bicyclic) bond motifs is 1. The molecule has 2 heterocycles. The zero-order valence-corrected chi connectivity index (χ0v) is 15.2. The molecule has 0 saturated carbocycles. The Morgan fingerprint density at radius 2 is 1.83 bits per heavy atom. The minimum atomic E-state index is 0.119. The Morgan fingerprint density at radius 1 is 1.12 bits per heavy atom. The van der Waals surface area contributed by atoms with Crippen LogP contribution in [-0.2, 0) is 9.59 Å². The van der Waals surface area contributed by atoms with E-state index in [-0.39, 0.29) is 11.8 Å². The van der Waals surface area contributed by atoms with Gasteiger partial charge in [-0.25, -0.2) is 0 Å². The lowest BCUT2D eigenvalue weighted by Gasteiger charge is -2.35. The summed E-state index contributed by atoms with van der Waals surface area (Å²) in [5.74, 6) is 0.279. The van der Waals surface area contributed by atoms with Crippen LogP contribution in [0.1, 0.15) is 20.3 Å². The minimum absolute atomic E-state index is 0.119. The number of piperazine rings is 1. The lowest BCUT2D eigenvalue weighted by atomic mass is 10.2. The van der Waals surface area contributed by atoms with Crippen LogP contribution in [0.2, 0.25) is 0 Å². The molecule has 0 aromatic heterocycles. The summed E-state index contributed by atoms with van der Waals surface area (Å²) in [5.41, 5.74) is 1.04. The number of hydrogen-bond donors (Lipinski definition) is 0. The molecule has 0 N–H and O–H groups in total. The van der Waals surface area contributed by atoms with Crippen molar-refractivity contribution in [1.82, 2.24) is 9.80 Å². The van der Waals surface area contributed by atoms with Crippen molar-refractivity contribution < 1.29 is 9.59 Å². The standard InChI is InChI=1S/C18H25N3O2S/c1-14-7-8-21(16-5-3-4-6-17(16)24-14)18(23)13-19-9-11-20(12-10-19)15(2)22/h3-6,14H,7-13H2,1-2H3. The Labute approximate surface area is 148 Å². The number of rotatable bonds is 2. The first-order chi connectivity index (χ1) is 11.5. The van der Waals surface area contributed by atoms with Crippen LogP contribution in [0, 0.1) is 0 Å². The molecule has 2 aliphatic rings. The maximum absolute atomic E-state index is 12.9. The van der Waals surface area contributed by atoms with Gasteiger partial charge in [0.25, 0.3) is 0 Å². The van der Waals surface area contributed by atoms with Gasteiger partial charge in [-0.1, -0.05) is 19.1 Å². The molecule has 0 radical (unpaired) electrons. The van der Waals surface area contributed by atoms with Crippen LogP contribution >= 0.6 is 11.8 Å². The van der Waals surface area contributed by atoms with Crippen molar-refractivity contribution in [3.05, 3.63) is 24.3 Å². The normalized spacial score (nSPS) is 22.0. The second kappa shape index (κ2) is 7.57. The third kappa shape index (κ3) is 3.92. The molecule has 5 nitrogen and oxygen atoms in total.